The number of benzene rings is 1. The molecule has 0 unspecified atom stereocenters. The maximum Gasteiger partial charge on any atom is 0.328 e. The Kier molecular flexibility index (Phi) is 5.51. The normalized spacial score (nSPS) is 10.4. The predicted octanol–water partition coefficient (Wildman–Crippen LogP) is 1.38. The van der Waals surface area contributed by atoms with Gasteiger partial charge in [-0.05, 0) is 18.4 Å². The number of amides is 1. The van der Waals surface area contributed by atoms with Crippen LogP contribution < -0.4 is 5.32 Å². The predicted molar refractivity (Wildman–Crippen MR) is 64.5 cm³/mol. The van der Waals surface area contributed by atoms with Crippen molar-refractivity contribution in [2.45, 2.75) is 12.8 Å². The lowest BCUT2D eigenvalue weighted by molar-refractivity contribution is -0.131. The van der Waals surface area contributed by atoms with Crippen LogP contribution in [0, 0.1) is 0 Å². The molecule has 0 saturated heterocycles. The average Bonchev–Trinajstić information content (AvgIpc) is 2.33. The number of carboxylic acid groups (broad SMARTS) is 1. The largest absolute Gasteiger partial charge is 0.478 e. The molecule has 0 aliphatic rings. The molecule has 0 radical (unpaired) electrons. The van der Waals surface area contributed by atoms with Crippen LogP contribution in [0.15, 0.2) is 42.5 Å². The number of aliphatic carboxylic acids is 1. The molecular formula is C13H15NO3. The number of hydrogen-bond acceptors (Lipinski definition) is 2. The summed E-state index contributed by atoms with van der Waals surface area (Å²) in [4.78, 5) is 21.2. The van der Waals surface area contributed by atoms with Crippen LogP contribution in [0.1, 0.15) is 12.0 Å². The lowest BCUT2D eigenvalue weighted by atomic mass is 10.1. The minimum atomic E-state index is -1.12. The first kappa shape index (κ1) is 13.0. The summed E-state index contributed by atoms with van der Waals surface area (Å²) in [6.07, 6.45) is 3.57. The van der Waals surface area contributed by atoms with Crippen molar-refractivity contribution < 1.29 is 14.7 Å². The molecule has 0 aromatic heterocycles. The van der Waals surface area contributed by atoms with E-state index < -0.39 is 5.97 Å². The molecule has 0 atom stereocenters. The fourth-order valence-corrected chi connectivity index (χ4v) is 1.35. The third-order valence-corrected chi connectivity index (χ3v) is 2.16. The highest BCUT2D eigenvalue weighted by atomic mass is 16.4. The van der Waals surface area contributed by atoms with Gasteiger partial charge in [0.1, 0.15) is 0 Å². The van der Waals surface area contributed by atoms with Crippen LogP contribution in [0.4, 0.5) is 0 Å². The van der Waals surface area contributed by atoms with Crippen molar-refractivity contribution in [2.75, 3.05) is 6.54 Å². The number of carboxylic acids is 1. The van der Waals surface area contributed by atoms with Gasteiger partial charge in [0.25, 0.3) is 0 Å². The quantitative estimate of drug-likeness (QED) is 0.576. The standard InChI is InChI=1S/C13H15NO3/c15-12(8-9-13(16)17)14-10-4-7-11-5-2-1-3-6-11/h1-3,5-6,8-9H,4,7,10H2,(H,14,15)(H,16,17). The van der Waals surface area contributed by atoms with Crippen LogP contribution in [0.5, 0.6) is 0 Å². The molecule has 0 bridgehead atoms. The first-order valence-electron chi connectivity index (χ1n) is 5.41. The molecule has 0 fully saturated rings. The van der Waals surface area contributed by atoms with Gasteiger partial charge in [-0.1, -0.05) is 30.3 Å². The molecule has 1 amide bonds. The molecule has 0 heterocycles. The van der Waals surface area contributed by atoms with Gasteiger partial charge in [0.15, 0.2) is 0 Å². The first-order valence-corrected chi connectivity index (χ1v) is 5.41. The molecule has 17 heavy (non-hydrogen) atoms. The monoisotopic (exact) mass is 233 g/mol. The minimum Gasteiger partial charge on any atom is -0.478 e. The molecule has 4 heteroatoms. The number of nitrogens with one attached hydrogen (secondary N) is 1. The Bertz CT molecular complexity index is 398. The Morgan fingerprint density at radius 1 is 1.18 bits per heavy atom. The Morgan fingerprint density at radius 2 is 1.88 bits per heavy atom. The van der Waals surface area contributed by atoms with Crippen LogP contribution in [-0.4, -0.2) is 23.5 Å². The van der Waals surface area contributed by atoms with E-state index in [1.54, 1.807) is 0 Å². The second-order valence-electron chi connectivity index (χ2n) is 3.55. The van der Waals surface area contributed by atoms with Crippen LogP contribution in [0.2, 0.25) is 0 Å². The molecular weight excluding hydrogens is 218 g/mol. The van der Waals surface area contributed by atoms with Crippen molar-refractivity contribution in [1.82, 2.24) is 5.32 Å². The zero-order valence-electron chi connectivity index (χ0n) is 9.43. The molecule has 4 nitrogen and oxygen atoms in total. The van der Waals surface area contributed by atoms with Gasteiger partial charge < -0.3 is 10.4 Å². The van der Waals surface area contributed by atoms with Gasteiger partial charge in [-0.15, -0.1) is 0 Å². The fraction of sp³-hybridized carbons (Fsp3) is 0.231. The minimum absolute atomic E-state index is 0.375. The Balaban J connectivity index is 2.16. The lowest BCUT2D eigenvalue weighted by Crippen LogP contribution is -2.22. The van der Waals surface area contributed by atoms with Crippen molar-refractivity contribution in [1.29, 1.82) is 0 Å². The van der Waals surface area contributed by atoms with E-state index >= 15 is 0 Å². The highest BCUT2D eigenvalue weighted by molar-refractivity contribution is 5.93. The highest BCUT2D eigenvalue weighted by Crippen LogP contribution is 2.01. The zero-order valence-corrected chi connectivity index (χ0v) is 9.43. The van der Waals surface area contributed by atoms with Crippen LogP contribution in [0.25, 0.3) is 0 Å². The maximum atomic E-state index is 11.1. The second-order valence-corrected chi connectivity index (χ2v) is 3.55. The summed E-state index contributed by atoms with van der Waals surface area (Å²) in [5, 5.41) is 10.9. The Hall–Kier alpha value is -2.10. The van der Waals surface area contributed by atoms with E-state index in [1.165, 1.54) is 5.56 Å². The van der Waals surface area contributed by atoms with Crippen molar-refractivity contribution in [3.63, 3.8) is 0 Å². The highest BCUT2D eigenvalue weighted by Gasteiger charge is 1.96. The van der Waals surface area contributed by atoms with E-state index in [-0.39, 0.29) is 5.91 Å². The molecule has 1 rings (SSSR count). The zero-order chi connectivity index (χ0) is 12.5. The summed E-state index contributed by atoms with van der Waals surface area (Å²) in [5.74, 6) is -1.50. The summed E-state index contributed by atoms with van der Waals surface area (Å²) in [6.45, 7) is 0.539. The summed E-state index contributed by atoms with van der Waals surface area (Å²) < 4.78 is 0. The fourth-order valence-electron chi connectivity index (χ4n) is 1.35. The maximum absolute atomic E-state index is 11.1. The van der Waals surface area contributed by atoms with E-state index in [1.807, 2.05) is 30.3 Å². The number of carbonyl (C=O) groups excluding carboxylic acids is 1. The van der Waals surface area contributed by atoms with Crippen LogP contribution in [-0.2, 0) is 16.0 Å². The summed E-state index contributed by atoms with van der Waals surface area (Å²) in [6, 6.07) is 9.98. The molecule has 90 valence electrons. The molecule has 0 saturated carbocycles. The number of aryl methyl sites for hydroxylation is 1. The van der Waals surface area contributed by atoms with Gasteiger partial charge in [0.2, 0.25) is 5.91 Å². The van der Waals surface area contributed by atoms with Gasteiger partial charge in [0.05, 0.1) is 0 Å². The third kappa shape index (κ3) is 6.14. The van der Waals surface area contributed by atoms with E-state index in [0.717, 1.165) is 25.0 Å². The van der Waals surface area contributed by atoms with Crippen molar-refractivity contribution in [3.8, 4) is 0 Å². The summed E-state index contributed by atoms with van der Waals surface area (Å²) in [5.41, 5.74) is 1.22. The molecule has 1 aromatic carbocycles. The van der Waals surface area contributed by atoms with Crippen molar-refractivity contribution >= 4 is 11.9 Å². The van der Waals surface area contributed by atoms with E-state index in [9.17, 15) is 9.59 Å². The number of hydrogen-bond donors (Lipinski definition) is 2. The Labute approximate surface area is 100.0 Å². The summed E-state index contributed by atoms with van der Waals surface area (Å²) >= 11 is 0. The van der Waals surface area contributed by atoms with Crippen LogP contribution in [0.3, 0.4) is 0 Å². The average molecular weight is 233 g/mol. The Morgan fingerprint density at radius 3 is 2.53 bits per heavy atom. The first-order chi connectivity index (χ1) is 8.18. The van der Waals surface area contributed by atoms with Crippen molar-refractivity contribution in [3.05, 3.63) is 48.0 Å². The van der Waals surface area contributed by atoms with Gasteiger partial charge in [-0.2, -0.15) is 0 Å². The van der Waals surface area contributed by atoms with Gasteiger partial charge in [-0.3, -0.25) is 4.79 Å². The molecule has 0 aliphatic carbocycles. The van der Waals surface area contributed by atoms with Crippen LogP contribution >= 0.6 is 0 Å². The van der Waals surface area contributed by atoms with E-state index in [2.05, 4.69) is 5.32 Å². The SMILES string of the molecule is O=C(O)C=CC(=O)NCCCc1ccccc1. The third-order valence-electron chi connectivity index (χ3n) is 2.16. The molecule has 0 aliphatic heterocycles. The van der Waals surface area contributed by atoms with Gasteiger partial charge >= 0.3 is 5.97 Å². The van der Waals surface area contributed by atoms with E-state index in [0.29, 0.717) is 6.54 Å². The second kappa shape index (κ2) is 7.22. The molecule has 2 N–H and O–H groups in total. The lowest BCUT2D eigenvalue weighted by Gasteiger charge is -2.02. The van der Waals surface area contributed by atoms with E-state index in [4.69, 9.17) is 5.11 Å². The van der Waals surface area contributed by atoms with Crippen molar-refractivity contribution in [2.24, 2.45) is 0 Å². The molecule has 1 aromatic rings. The topological polar surface area (TPSA) is 66.4 Å². The smallest absolute Gasteiger partial charge is 0.328 e. The summed E-state index contributed by atoms with van der Waals surface area (Å²) in [7, 11) is 0. The van der Waals surface area contributed by atoms with Gasteiger partial charge in [0, 0.05) is 18.7 Å². The number of carbonyl (C=O) groups is 2. The molecule has 0 spiro atoms. The number of rotatable bonds is 6. The van der Waals surface area contributed by atoms with Gasteiger partial charge in [-0.25, -0.2) is 4.79 Å².